The van der Waals surface area contributed by atoms with Gasteiger partial charge >= 0.3 is 0 Å². The van der Waals surface area contributed by atoms with Crippen molar-refractivity contribution >= 4 is 5.69 Å². The number of piperazine rings is 1. The quantitative estimate of drug-likeness (QED) is 0.787. The largest absolute Gasteiger partial charge is 0.369 e. The molecule has 0 aromatic heterocycles. The fourth-order valence-electron chi connectivity index (χ4n) is 2.03. The molecule has 0 radical (unpaired) electrons. The third kappa shape index (κ3) is 2.54. The maximum atomic E-state index is 6.12. The van der Waals surface area contributed by atoms with Crippen molar-refractivity contribution in [1.82, 2.24) is 5.32 Å². The highest BCUT2D eigenvalue weighted by atomic mass is 15.2. The van der Waals surface area contributed by atoms with Crippen molar-refractivity contribution in [2.24, 2.45) is 5.73 Å². The number of benzene rings is 1. The van der Waals surface area contributed by atoms with Crippen LogP contribution in [-0.4, -0.2) is 26.2 Å². The molecule has 2 rings (SSSR count). The molecule has 1 aromatic rings. The third-order valence-electron chi connectivity index (χ3n) is 3.07. The standard InChI is InChI=1S/C13H21N3/c1-13(2,14)11-4-3-5-12(10-11)16-8-6-15-7-9-16/h3-5,10,15H,6-9,14H2,1-2H3. The summed E-state index contributed by atoms with van der Waals surface area (Å²) in [6.45, 7) is 8.38. The molecule has 1 saturated heterocycles. The molecule has 0 atom stereocenters. The van der Waals surface area contributed by atoms with Gasteiger partial charge < -0.3 is 16.0 Å². The molecule has 16 heavy (non-hydrogen) atoms. The van der Waals surface area contributed by atoms with E-state index in [2.05, 4.69) is 34.5 Å². The van der Waals surface area contributed by atoms with Crippen LogP contribution in [0.2, 0.25) is 0 Å². The van der Waals surface area contributed by atoms with Gasteiger partial charge in [0.25, 0.3) is 0 Å². The van der Waals surface area contributed by atoms with Crippen LogP contribution < -0.4 is 16.0 Å². The molecule has 0 unspecified atom stereocenters. The van der Waals surface area contributed by atoms with Gasteiger partial charge in [0.15, 0.2) is 0 Å². The van der Waals surface area contributed by atoms with Crippen molar-refractivity contribution in [3.8, 4) is 0 Å². The number of hydrogen-bond acceptors (Lipinski definition) is 3. The highest BCUT2D eigenvalue weighted by molar-refractivity contribution is 5.50. The van der Waals surface area contributed by atoms with Crippen LogP contribution in [0.4, 0.5) is 5.69 Å². The Hall–Kier alpha value is -1.06. The topological polar surface area (TPSA) is 41.3 Å². The summed E-state index contributed by atoms with van der Waals surface area (Å²) in [5.74, 6) is 0. The molecule has 0 spiro atoms. The van der Waals surface area contributed by atoms with E-state index in [1.54, 1.807) is 0 Å². The molecular weight excluding hydrogens is 198 g/mol. The molecular formula is C13H21N3. The number of anilines is 1. The molecule has 0 bridgehead atoms. The van der Waals surface area contributed by atoms with Gasteiger partial charge in [-0.3, -0.25) is 0 Å². The Bertz CT molecular complexity index is 348. The van der Waals surface area contributed by atoms with Gasteiger partial charge in [0, 0.05) is 37.4 Å². The number of rotatable bonds is 2. The minimum atomic E-state index is -0.260. The van der Waals surface area contributed by atoms with Gasteiger partial charge in [-0.05, 0) is 31.5 Å². The second-order valence-corrected chi connectivity index (χ2v) is 5.01. The number of nitrogens with two attached hydrogens (primary N) is 1. The summed E-state index contributed by atoms with van der Waals surface area (Å²) >= 11 is 0. The summed E-state index contributed by atoms with van der Waals surface area (Å²) in [7, 11) is 0. The zero-order valence-electron chi connectivity index (χ0n) is 10.2. The average Bonchev–Trinajstić information content (AvgIpc) is 2.29. The van der Waals surface area contributed by atoms with Crippen LogP contribution >= 0.6 is 0 Å². The highest BCUT2D eigenvalue weighted by Crippen LogP contribution is 2.23. The van der Waals surface area contributed by atoms with Gasteiger partial charge in [0.05, 0.1) is 0 Å². The van der Waals surface area contributed by atoms with Crippen molar-refractivity contribution < 1.29 is 0 Å². The van der Waals surface area contributed by atoms with Crippen molar-refractivity contribution in [2.45, 2.75) is 19.4 Å². The summed E-state index contributed by atoms with van der Waals surface area (Å²) in [5.41, 5.74) is 8.35. The molecule has 3 N–H and O–H groups in total. The van der Waals surface area contributed by atoms with E-state index in [1.807, 2.05) is 13.8 Å². The number of hydrogen-bond donors (Lipinski definition) is 2. The molecule has 1 aromatic carbocycles. The maximum Gasteiger partial charge on any atom is 0.0370 e. The lowest BCUT2D eigenvalue weighted by atomic mass is 9.95. The lowest BCUT2D eigenvalue weighted by Crippen LogP contribution is -2.43. The second-order valence-electron chi connectivity index (χ2n) is 5.01. The van der Waals surface area contributed by atoms with E-state index in [4.69, 9.17) is 5.73 Å². The van der Waals surface area contributed by atoms with E-state index in [1.165, 1.54) is 11.3 Å². The lowest BCUT2D eigenvalue weighted by molar-refractivity contribution is 0.552. The summed E-state index contributed by atoms with van der Waals surface area (Å²) in [6.07, 6.45) is 0. The Labute approximate surface area is 97.6 Å². The SMILES string of the molecule is CC(C)(N)c1cccc(N2CCNCC2)c1. The summed E-state index contributed by atoms with van der Waals surface area (Å²) in [5, 5.41) is 3.36. The molecule has 88 valence electrons. The summed E-state index contributed by atoms with van der Waals surface area (Å²) in [4.78, 5) is 2.41. The van der Waals surface area contributed by atoms with Crippen LogP contribution in [0, 0.1) is 0 Å². The van der Waals surface area contributed by atoms with Gasteiger partial charge in [-0.2, -0.15) is 0 Å². The monoisotopic (exact) mass is 219 g/mol. The van der Waals surface area contributed by atoms with E-state index in [0.717, 1.165) is 26.2 Å². The molecule has 3 heteroatoms. The third-order valence-corrected chi connectivity index (χ3v) is 3.07. The predicted molar refractivity (Wildman–Crippen MR) is 68.7 cm³/mol. The molecule has 0 aliphatic carbocycles. The molecule has 1 aliphatic rings. The molecule has 3 nitrogen and oxygen atoms in total. The van der Waals surface area contributed by atoms with Crippen molar-refractivity contribution in [1.29, 1.82) is 0 Å². The molecule has 0 saturated carbocycles. The van der Waals surface area contributed by atoms with Gasteiger partial charge in [-0.15, -0.1) is 0 Å². The van der Waals surface area contributed by atoms with Crippen LogP contribution in [0.25, 0.3) is 0 Å². The molecule has 0 amide bonds. The van der Waals surface area contributed by atoms with Gasteiger partial charge in [-0.25, -0.2) is 0 Å². The minimum absolute atomic E-state index is 0.260. The van der Waals surface area contributed by atoms with Crippen molar-refractivity contribution in [3.05, 3.63) is 29.8 Å². The number of nitrogens with zero attached hydrogens (tertiary/aromatic N) is 1. The highest BCUT2D eigenvalue weighted by Gasteiger charge is 2.16. The van der Waals surface area contributed by atoms with Crippen LogP contribution in [0.1, 0.15) is 19.4 Å². The first kappa shape index (κ1) is 11.4. The fraction of sp³-hybridized carbons (Fsp3) is 0.538. The van der Waals surface area contributed by atoms with E-state index in [9.17, 15) is 0 Å². The normalized spacial score (nSPS) is 17.6. The van der Waals surface area contributed by atoms with Gasteiger partial charge in [0.1, 0.15) is 0 Å². The van der Waals surface area contributed by atoms with Crippen LogP contribution in [-0.2, 0) is 5.54 Å². The smallest absolute Gasteiger partial charge is 0.0370 e. The zero-order chi connectivity index (χ0) is 11.6. The van der Waals surface area contributed by atoms with Crippen LogP contribution in [0.3, 0.4) is 0 Å². The fourth-order valence-corrected chi connectivity index (χ4v) is 2.03. The first-order valence-electron chi connectivity index (χ1n) is 5.92. The van der Waals surface area contributed by atoms with Crippen LogP contribution in [0.15, 0.2) is 24.3 Å². The number of nitrogens with one attached hydrogen (secondary N) is 1. The van der Waals surface area contributed by atoms with Gasteiger partial charge in [-0.1, -0.05) is 12.1 Å². The zero-order valence-corrected chi connectivity index (χ0v) is 10.2. The first-order valence-corrected chi connectivity index (χ1v) is 5.92. The Morgan fingerprint density at radius 3 is 2.56 bits per heavy atom. The van der Waals surface area contributed by atoms with Crippen LogP contribution in [0.5, 0.6) is 0 Å². The Morgan fingerprint density at radius 1 is 1.25 bits per heavy atom. The minimum Gasteiger partial charge on any atom is -0.369 e. The van der Waals surface area contributed by atoms with Gasteiger partial charge in [0.2, 0.25) is 0 Å². The maximum absolute atomic E-state index is 6.12. The second kappa shape index (κ2) is 4.44. The first-order chi connectivity index (χ1) is 7.57. The predicted octanol–water partition coefficient (Wildman–Crippen LogP) is 1.29. The molecule has 1 heterocycles. The van der Waals surface area contributed by atoms with E-state index in [-0.39, 0.29) is 5.54 Å². The van der Waals surface area contributed by atoms with E-state index in [0.29, 0.717) is 0 Å². The Kier molecular flexibility index (Phi) is 3.17. The van der Waals surface area contributed by atoms with Crippen molar-refractivity contribution in [2.75, 3.05) is 31.1 Å². The summed E-state index contributed by atoms with van der Waals surface area (Å²) in [6, 6.07) is 8.58. The Balaban J connectivity index is 2.21. The van der Waals surface area contributed by atoms with E-state index >= 15 is 0 Å². The molecule has 1 fully saturated rings. The molecule has 1 aliphatic heterocycles. The lowest BCUT2D eigenvalue weighted by Gasteiger charge is -2.30. The van der Waals surface area contributed by atoms with Crippen molar-refractivity contribution in [3.63, 3.8) is 0 Å². The van der Waals surface area contributed by atoms with E-state index < -0.39 is 0 Å². The Morgan fingerprint density at radius 2 is 1.94 bits per heavy atom. The summed E-state index contributed by atoms with van der Waals surface area (Å²) < 4.78 is 0. The average molecular weight is 219 g/mol.